The number of halogens is 2. The molecule has 0 amide bonds. The number of aryl methyl sites for hydroxylation is 1. The lowest BCUT2D eigenvalue weighted by molar-refractivity contribution is 0.543. The van der Waals surface area contributed by atoms with E-state index in [0.717, 1.165) is 0 Å². The number of fused-ring (bicyclic) bond motifs is 1. The summed E-state index contributed by atoms with van der Waals surface area (Å²) in [5, 5.41) is 6.22. The van der Waals surface area contributed by atoms with E-state index in [9.17, 15) is 13.6 Å². The average molecular weight is 251 g/mol. The van der Waals surface area contributed by atoms with Crippen LogP contribution in [0.15, 0.2) is 16.9 Å². The maximum atomic E-state index is 13.5. The maximum Gasteiger partial charge on any atom is 0.343 e. The van der Waals surface area contributed by atoms with Crippen molar-refractivity contribution in [2.45, 2.75) is 25.8 Å². The van der Waals surface area contributed by atoms with Gasteiger partial charge in [0.05, 0.1) is 6.04 Å². The lowest BCUT2D eigenvalue weighted by atomic mass is 10.0. The van der Waals surface area contributed by atoms with E-state index in [1.165, 1.54) is 23.6 Å². The number of hydrogen-bond donors (Lipinski definition) is 1. The SMILES string of the molecule is Cc1c(F)cc(C2CCc3n[nH]c(=O)n32)cc1F. The van der Waals surface area contributed by atoms with Gasteiger partial charge in [-0.2, -0.15) is 5.10 Å². The second-order valence-corrected chi connectivity index (χ2v) is 4.48. The molecule has 1 aliphatic rings. The number of hydrogen-bond acceptors (Lipinski definition) is 2. The monoisotopic (exact) mass is 251 g/mol. The molecule has 4 nitrogen and oxygen atoms in total. The second-order valence-electron chi connectivity index (χ2n) is 4.48. The van der Waals surface area contributed by atoms with Crippen molar-refractivity contribution >= 4 is 0 Å². The van der Waals surface area contributed by atoms with Gasteiger partial charge in [-0.15, -0.1) is 0 Å². The highest BCUT2D eigenvalue weighted by Crippen LogP contribution is 2.30. The minimum atomic E-state index is -0.588. The van der Waals surface area contributed by atoms with E-state index in [0.29, 0.717) is 24.2 Å². The Kier molecular flexibility index (Phi) is 2.33. The highest BCUT2D eigenvalue weighted by Gasteiger charge is 2.28. The molecule has 1 aliphatic heterocycles. The Bertz CT molecular complexity index is 651. The van der Waals surface area contributed by atoms with E-state index in [4.69, 9.17) is 0 Å². The molecule has 0 bridgehead atoms. The Morgan fingerprint density at radius 2 is 2.06 bits per heavy atom. The van der Waals surface area contributed by atoms with Crippen molar-refractivity contribution in [1.82, 2.24) is 14.8 Å². The first-order valence-electron chi connectivity index (χ1n) is 5.69. The van der Waals surface area contributed by atoms with Crippen molar-refractivity contribution in [2.75, 3.05) is 0 Å². The maximum absolute atomic E-state index is 13.5. The number of benzene rings is 1. The average Bonchev–Trinajstić information content (AvgIpc) is 2.89. The van der Waals surface area contributed by atoms with E-state index in [-0.39, 0.29) is 17.3 Å². The standard InChI is InChI=1S/C12H11F2N3O/c1-6-8(13)4-7(5-9(6)14)10-2-3-11-15-16-12(18)17(10)11/h4-5,10H,2-3H2,1H3,(H,16,18). The van der Waals surface area contributed by atoms with Crippen LogP contribution in [0.5, 0.6) is 0 Å². The number of nitrogens with zero attached hydrogens (tertiary/aromatic N) is 2. The van der Waals surface area contributed by atoms with Crippen molar-refractivity contribution in [2.24, 2.45) is 0 Å². The predicted molar refractivity (Wildman–Crippen MR) is 60.4 cm³/mol. The van der Waals surface area contributed by atoms with Gasteiger partial charge in [-0.05, 0) is 31.0 Å². The van der Waals surface area contributed by atoms with Crippen LogP contribution in [-0.4, -0.2) is 14.8 Å². The van der Waals surface area contributed by atoms with E-state index in [1.54, 1.807) is 0 Å². The summed E-state index contributed by atoms with van der Waals surface area (Å²) in [6.45, 7) is 1.39. The van der Waals surface area contributed by atoms with Crippen molar-refractivity contribution in [3.63, 3.8) is 0 Å². The molecule has 6 heteroatoms. The highest BCUT2D eigenvalue weighted by atomic mass is 19.1. The zero-order valence-corrected chi connectivity index (χ0v) is 9.70. The zero-order valence-electron chi connectivity index (χ0n) is 9.70. The van der Waals surface area contributed by atoms with Crippen molar-refractivity contribution in [3.8, 4) is 0 Å². The molecule has 0 spiro atoms. The van der Waals surface area contributed by atoms with Gasteiger partial charge in [-0.25, -0.2) is 18.7 Å². The first kappa shape index (κ1) is 11.1. The molecule has 1 aromatic carbocycles. The van der Waals surface area contributed by atoms with Crippen molar-refractivity contribution < 1.29 is 8.78 Å². The van der Waals surface area contributed by atoms with Gasteiger partial charge in [0.15, 0.2) is 0 Å². The summed E-state index contributed by atoms with van der Waals surface area (Å²) in [6.07, 6.45) is 1.26. The lowest BCUT2D eigenvalue weighted by Gasteiger charge is -2.13. The number of rotatable bonds is 1. The summed E-state index contributed by atoms with van der Waals surface area (Å²) in [4.78, 5) is 11.6. The molecule has 1 N–H and O–H groups in total. The zero-order chi connectivity index (χ0) is 12.9. The minimum absolute atomic E-state index is 0.00323. The molecule has 1 aromatic heterocycles. The smallest absolute Gasteiger partial charge is 0.271 e. The Hall–Kier alpha value is -1.98. The van der Waals surface area contributed by atoms with Crippen molar-refractivity contribution in [3.05, 3.63) is 51.2 Å². The quantitative estimate of drug-likeness (QED) is 0.838. The summed E-state index contributed by atoms with van der Waals surface area (Å²) < 4.78 is 28.6. The molecule has 0 radical (unpaired) electrons. The molecular formula is C12H11F2N3O. The summed E-state index contributed by atoms with van der Waals surface area (Å²) in [5.41, 5.74) is 0.128. The Balaban J connectivity index is 2.13. The van der Waals surface area contributed by atoms with Gasteiger partial charge in [0.2, 0.25) is 0 Å². The van der Waals surface area contributed by atoms with Gasteiger partial charge < -0.3 is 0 Å². The molecule has 3 rings (SSSR count). The van der Waals surface area contributed by atoms with Gasteiger partial charge in [0.25, 0.3) is 0 Å². The van der Waals surface area contributed by atoms with Gasteiger partial charge in [0, 0.05) is 12.0 Å². The lowest BCUT2D eigenvalue weighted by Crippen LogP contribution is -2.21. The molecule has 94 valence electrons. The fraction of sp³-hybridized carbons (Fsp3) is 0.333. The Morgan fingerprint density at radius 1 is 1.39 bits per heavy atom. The topological polar surface area (TPSA) is 50.7 Å². The third kappa shape index (κ3) is 1.48. The van der Waals surface area contributed by atoms with Crippen LogP contribution in [0.2, 0.25) is 0 Å². The van der Waals surface area contributed by atoms with E-state index in [1.807, 2.05) is 0 Å². The fourth-order valence-corrected chi connectivity index (χ4v) is 2.40. The molecule has 0 aliphatic carbocycles. The number of aromatic amines is 1. The van der Waals surface area contributed by atoms with Gasteiger partial charge in [-0.3, -0.25) is 4.57 Å². The number of nitrogens with one attached hydrogen (secondary N) is 1. The first-order chi connectivity index (χ1) is 8.58. The van der Waals surface area contributed by atoms with Gasteiger partial charge in [-0.1, -0.05) is 0 Å². The number of aromatic nitrogens is 3. The highest BCUT2D eigenvalue weighted by molar-refractivity contribution is 5.29. The van der Waals surface area contributed by atoms with Crippen molar-refractivity contribution in [1.29, 1.82) is 0 Å². The first-order valence-corrected chi connectivity index (χ1v) is 5.69. The molecule has 1 unspecified atom stereocenters. The van der Waals surface area contributed by atoms with E-state index in [2.05, 4.69) is 10.2 Å². The molecule has 0 fully saturated rings. The Morgan fingerprint density at radius 3 is 2.72 bits per heavy atom. The van der Waals surface area contributed by atoms with E-state index >= 15 is 0 Å². The summed E-state index contributed by atoms with van der Waals surface area (Å²) in [7, 11) is 0. The minimum Gasteiger partial charge on any atom is -0.271 e. The summed E-state index contributed by atoms with van der Waals surface area (Å²) >= 11 is 0. The predicted octanol–water partition coefficient (Wildman–Crippen LogP) is 1.69. The number of H-pyrrole nitrogens is 1. The third-order valence-electron chi connectivity index (χ3n) is 3.42. The van der Waals surface area contributed by atoms with Crippen LogP contribution in [-0.2, 0) is 6.42 Å². The largest absolute Gasteiger partial charge is 0.343 e. The second kappa shape index (κ2) is 3.76. The fourth-order valence-electron chi connectivity index (χ4n) is 2.40. The molecular weight excluding hydrogens is 240 g/mol. The molecule has 0 saturated carbocycles. The molecule has 1 atom stereocenters. The van der Waals surface area contributed by atoms with Gasteiger partial charge in [0.1, 0.15) is 17.5 Å². The third-order valence-corrected chi connectivity index (χ3v) is 3.42. The van der Waals surface area contributed by atoms with Crippen LogP contribution in [0.3, 0.4) is 0 Å². The molecule has 0 saturated heterocycles. The van der Waals surface area contributed by atoms with Crippen LogP contribution < -0.4 is 5.69 Å². The molecule has 2 heterocycles. The van der Waals surface area contributed by atoms with Crippen LogP contribution in [0.1, 0.15) is 29.4 Å². The normalized spacial score (nSPS) is 18.1. The molecule has 2 aromatic rings. The van der Waals surface area contributed by atoms with Gasteiger partial charge >= 0.3 is 5.69 Å². The molecule has 18 heavy (non-hydrogen) atoms. The summed E-state index contributed by atoms with van der Waals surface area (Å²) in [6, 6.07) is 2.24. The van der Waals surface area contributed by atoms with Crippen LogP contribution in [0.25, 0.3) is 0 Å². The van der Waals surface area contributed by atoms with Crippen LogP contribution >= 0.6 is 0 Å². The van der Waals surface area contributed by atoms with E-state index < -0.39 is 11.6 Å². The van der Waals surface area contributed by atoms with Crippen LogP contribution in [0, 0.1) is 18.6 Å². The van der Waals surface area contributed by atoms with Crippen LogP contribution in [0.4, 0.5) is 8.78 Å². The Labute approximate surface area is 101 Å². The summed E-state index contributed by atoms with van der Waals surface area (Å²) in [5.74, 6) is -0.545.